The smallest absolute Gasteiger partial charge is 0.0159 e. The summed E-state index contributed by atoms with van der Waals surface area (Å²) in [5.74, 6) is 0. The number of unbranched alkanes of at least 4 members (excludes halogenated alkanes) is 1. The molecule has 0 amide bonds. The van der Waals surface area contributed by atoms with Crippen LogP contribution < -0.4 is 0 Å². The van der Waals surface area contributed by atoms with Crippen molar-refractivity contribution >= 4 is 32.3 Å². The lowest BCUT2D eigenvalue weighted by atomic mass is 9.80. The summed E-state index contributed by atoms with van der Waals surface area (Å²) in [6.07, 6.45) is 2.64. The third-order valence-corrected chi connectivity index (χ3v) is 11.3. The first kappa shape index (κ1) is 32.7. The molecule has 0 aromatic heterocycles. The third kappa shape index (κ3) is 5.28. The quantitative estimate of drug-likeness (QED) is 0.165. The van der Waals surface area contributed by atoms with Gasteiger partial charge in [0.05, 0.1) is 0 Å². The number of benzene rings is 8. The van der Waals surface area contributed by atoms with Gasteiger partial charge in [-0.2, -0.15) is 0 Å². The molecular formula is C51H46. The second kappa shape index (κ2) is 13.0. The first-order valence-corrected chi connectivity index (χ1v) is 18.6. The molecule has 0 heterocycles. The van der Waals surface area contributed by atoms with Gasteiger partial charge in [0, 0.05) is 5.41 Å². The summed E-state index contributed by atoms with van der Waals surface area (Å²) in [5.41, 5.74) is 15.9. The highest BCUT2D eigenvalue weighted by Crippen LogP contribution is 2.56. The van der Waals surface area contributed by atoms with E-state index in [-0.39, 0.29) is 5.41 Å². The van der Waals surface area contributed by atoms with Gasteiger partial charge >= 0.3 is 0 Å². The number of aryl methyl sites for hydroxylation is 2. The number of fused-ring (bicyclic) bond motifs is 7. The molecule has 0 saturated carbocycles. The SMILES string of the molecule is CCCC.Cc1ccccc1-c1cc(-c2c3ccccc3c(-c3cccc4c3-c3c(ccc5ccccc35)C4(C)C)c3ccccc23)ccc1C. The van der Waals surface area contributed by atoms with Crippen LogP contribution in [0.25, 0.3) is 76.8 Å². The van der Waals surface area contributed by atoms with Gasteiger partial charge in [-0.3, -0.25) is 0 Å². The molecule has 8 aromatic carbocycles. The van der Waals surface area contributed by atoms with Crippen LogP contribution in [0.3, 0.4) is 0 Å². The van der Waals surface area contributed by atoms with Crippen molar-refractivity contribution in [3.05, 3.63) is 168 Å². The minimum atomic E-state index is -0.0931. The Balaban J connectivity index is 0.000000890. The fourth-order valence-corrected chi connectivity index (χ4v) is 8.43. The van der Waals surface area contributed by atoms with Gasteiger partial charge in [0.2, 0.25) is 0 Å². The molecule has 51 heavy (non-hydrogen) atoms. The van der Waals surface area contributed by atoms with Gasteiger partial charge in [-0.25, -0.2) is 0 Å². The Morgan fingerprint density at radius 2 is 0.922 bits per heavy atom. The van der Waals surface area contributed by atoms with Gasteiger partial charge < -0.3 is 0 Å². The molecule has 0 N–H and O–H groups in total. The fraction of sp³-hybridized carbons (Fsp3) is 0.176. The Kier molecular flexibility index (Phi) is 8.35. The fourth-order valence-electron chi connectivity index (χ4n) is 8.43. The molecule has 8 aromatic rings. The highest BCUT2D eigenvalue weighted by Gasteiger charge is 2.38. The normalized spacial score (nSPS) is 12.8. The van der Waals surface area contributed by atoms with Crippen LogP contribution in [0.1, 0.15) is 62.8 Å². The van der Waals surface area contributed by atoms with Crippen molar-refractivity contribution < 1.29 is 0 Å². The maximum atomic E-state index is 2.41. The van der Waals surface area contributed by atoms with Crippen LogP contribution in [-0.4, -0.2) is 0 Å². The lowest BCUT2D eigenvalue weighted by Crippen LogP contribution is -2.14. The van der Waals surface area contributed by atoms with Gasteiger partial charge in [-0.05, 0) is 119 Å². The predicted molar refractivity (Wildman–Crippen MR) is 223 cm³/mol. The van der Waals surface area contributed by atoms with Crippen molar-refractivity contribution in [2.45, 2.75) is 59.8 Å². The molecule has 0 radical (unpaired) electrons. The van der Waals surface area contributed by atoms with Crippen molar-refractivity contribution in [2.75, 3.05) is 0 Å². The van der Waals surface area contributed by atoms with E-state index < -0.39 is 0 Å². The highest BCUT2D eigenvalue weighted by molar-refractivity contribution is 6.23. The maximum absolute atomic E-state index is 2.41. The van der Waals surface area contributed by atoms with Crippen LogP contribution in [0, 0.1) is 13.8 Å². The van der Waals surface area contributed by atoms with Gasteiger partial charge in [0.15, 0.2) is 0 Å². The Bertz CT molecular complexity index is 2540. The minimum Gasteiger partial charge on any atom is -0.0654 e. The van der Waals surface area contributed by atoms with Crippen LogP contribution in [0.15, 0.2) is 146 Å². The van der Waals surface area contributed by atoms with Crippen molar-refractivity contribution in [1.29, 1.82) is 0 Å². The Hall–Kier alpha value is -5.46. The number of hydrogen-bond acceptors (Lipinski definition) is 0. The summed E-state index contributed by atoms with van der Waals surface area (Å²) in [5, 5.41) is 7.78. The van der Waals surface area contributed by atoms with Gasteiger partial charge in [0.1, 0.15) is 0 Å². The van der Waals surface area contributed by atoms with Crippen LogP contribution in [0.4, 0.5) is 0 Å². The summed E-state index contributed by atoms with van der Waals surface area (Å²) in [6.45, 7) is 13.6. The molecule has 250 valence electrons. The van der Waals surface area contributed by atoms with Crippen LogP contribution >= 0.6 is 0 Å². The van der Waals surface area contributed by atoms with Crippen molar-refractivity contribution in [2.24, 2.45) is 0 Å². The van der Waals surface area contributed by atoms with Crippen molar-refractivity contribution in [3.8, 4) is 44.5 Å². The number of rotatable bonds is 4. The van der Waals surface area contributed by atoms with Crippen LogP contribution in [-0.2, 0) is 5.41 Å². The molecule has 1 aliphatic carbocycles. The molecule has 1 aliphatic rings. The first-order valence-electron chi connectivity index (χ1n) is 18.6. The number of hydrogen-bond donors (Lipinski definition) is 0. The Labute approximate surface area is 303 Å². The average Bonchev–Trinajstić information content (AvgIpc) is 3.41. The Morgan fingerprint density at radius 1 is 0.392 bits per heavy atom. The van der Waals surface area contributed by atoms with E-state index in [4.69, 9.17) is 0 Å². The summed E-state index contributed by atoms with van der Waals surface area (Å²) in [7, 11) is 0. The zero-order valence-electron chi connectivity index (χ0n) is 30.8. The largest absolute Gasteiger partial charge is 0.0654 e. The van der Waals surface area contributed by atoms with Crippen molar-refractivity contribution in [1.82, 2.24) is 0 Å². The molecule has 0 unspecified atom stereocenters. The second-order valence-electron chi connectivity index (χ2n) is 14.7. The van der Waals surface area contributed by atoms with Crippen LogP contribution in [0.5, 0.6) is 0 Å². The zero-order valence-corrected chi connectivity index (χ0v) is 30.8. The molecule has 0 aliphatic heterocycles. The molecule has 0 fully saturated rings. The minimum absolute atomic E-state index is 0.0931. The van der Waals surface area contributed by atoms with Crippen molar-refractivity contribution in [3.63, 3.8) is 0 Å². The lowest BCUT2D eigenvalue weighted by Gasteiger charge is -2.23. The van der Waals surface area contributed by atoms with Crippen LogP contribution in [0.2, 0.25) is 0 Å². The standard InChI is InChI=1S/C47H36.C4H10/c1-29-14-5-7-16-33(29)40-28-32(25-24-30(40)2)43-35-18-9-11-20-37(35)44(38-21-12-10-19-36(38)43)39-22-13-23-41-46(39)45-34-17-8-6-15-31(34)26-27-42(45)47(41,3)4;1-3-4-2/h5-28H,1-4H3;3-4H2,1-2H3. The van der Waals surface area contributed by atoms with E-state index in [1.807, 2.05) is 0 Å². The van der Waals surface area contributed by atoms with E-state index in [1.54, 1.807) is 0 Å². The van der Waals surface area contributed by atoms with E-state index in [0.717, 1.165) is 0 Å². The molecule has 0 bridgehead atoms. The Morgan fingerprint density at radius 3 is 1.57 bits per heavy atom. The monoisotopic (exact) mass is 658 g/mol. The lowest BCUT2D eigenvalue weighted by molar-refractivity contribution is 0.661. The molecule has 0 atom stereocenters. The molecule has 9 rings (SSSR count). The second-order valence-corrected chi connectivity index (χ2v) is 14.7. The van der Waals surface area contributed by atoms with E-state index in [1.165, 1.54) is 112 Å². The predicted octanol–water partition coefficient (Wildman–Crippen LogP) is 14.9. The summed E-state index contributed by atoms with van der Waals surface area (Å²) in [6, 6.07) is 54.4. The topological polar surface area (TPSA) is 0 Å². The van der Waals surface area contributed by atoms with E-state index in [2.05, 4.69) is 187 Å². The summed E-state index contributed by atoms with van der Waals surface area (Å²) in [4.78, 5) is 0. The highest BCUT2D eigenvalue weighted by atomic mass is 14.4. The van der Waals surface area contributed by atoms with Gasteiger partial charge in [-0.15, -0.1) is 0 Å². The van der Waals surface area contributed by atoms with Gasteiger partial charge in [-0.1, -0.05) is 180 Å². The van der Waals surface area contributed by atoms with E-state index in [9.17, 15) is 0 Å². The molecule has 0 heteroatoms. The first-order chi connectivity index (χ1) is 24.8. The summed E-state index contributed by atoms with van der Waals surface area (Å²) < 4.78 is 0. The summed E-state index contributed by atoms with van der Waals surface area (Å²) >= 11 is 0. The molecule has 0 saturated heterocycles. The maximum Gasteiger partial charge on any atom is 0.0159 e. The molecule has 0 spiro atoms. The van der Waals surface area contributed by atoms with E-state index >= 15 is 0 Å². The molecular weight excluding hydrogens is 613 g/mol. The molecule has 0 nitrogen and oxygen atoms in total. The van der Waals surface area contributed by atoms with Gasteiger partial charge in [0.25, 0.3) is 0 Å². The third-order valence-electron chi connectivity index (χ3n) is 11.3. The average molecular weight is 659 g/mol. The van der Waals surface area contributed by atoms with E-state index in [0.29, 0.717) is 0 Å². The zero-order chi connectivity index (χ0) is 35.3.